The molecule has 0 saturated carbocycles. The van der Waals surface area contributed by atoms with Gasteiger partial charge in [-0.15, -0.1) is 0 Å². The van der Waals surface area contributed by atoms with Crippen LogP contribution in [0, 0.1) is 0 Å². The van der Waals surface area contributed by atoms with Crippen LogP contribution in [0.4, 0.5) is 5.69 Å². The minimum absolute atomic E-state index is 0.997. The molecule has 0 atom stereocenters. The van der Waals surface area contributed by atoms with E-state index in [0.29, 0.717) is 0 Å². The van der Waals surface area contributed by atoms with Gasteiger partial charge in [0.2, 0.25) is 0 Å². The smallest absolute Gasteiger partial charge is 0.124 e. The Kier molecular flexibility index (Phi) is 2.93. The van der Waals surface area contributed by atoms with Crippen LogP contribution in [-0.2, 0) is 6.42 Å². The predicted molar refractivity (Wildman–Crippen MR) is 75.2 cm³/mol. The summed E-state index contributed by atoms with van der Waals surface area (Å²) in [6.07, 6.45) is 2.26. The Morgan fingerprint density at radius 1 is 1.06 bits per heavy atom. The fourth-order valence-corrected chi connectivity index (χ4v) is 2.61. The molecule has 0 unspecified atom stereocenters. The maximum atomic E-state index is 5.46. The Balaban J connectivity index is 2.17. The molecule has 18 heavy (non-hydrogen) atoms. The van der Waals surface area contributed by atoms with Crippen molar-refractivity contribution in [2.45, 2.75) is 12.8 Å². The van der Waals surface area contributed by atoms with Gasteiger partial charge in [0.15, 0.2) is 0 Å². The summed E-state index contributed by atoms with van der Waals surface area (Å²) in [6, 6.07) is 14.7. The van der Waals surface area contributed by atoms with E-state index < -0.39 is 0 Å². The second kappa shape index (κ2) is 4.73. The van der Waals surface area contributed by atoms with Gasteiger partial charge in [-0.05, 0) is 30.5 Å². The molecule has 0 amide bonds. The van der Waals surface area contributed by atoms with E-state index in [1.54, 1.807) is 7.11 Å². The molecular formula is C16H17NO. The maximum absolute atomic E-state index is 5.46. The lowest BCUT2D eigenvalue weighted by Crippen LogP contribution is -2.13. The van der Waals surface area contributed by atoms with Crippen molar-refractivity contribution in [3.8, 4) is 16.9 Å². The van der Waals surface area contributed by atoms with Crippen LogP contribution in [0.1, 0.15) is 12.0 Å². The Morgan fingerprint density at radius 3 is 2.67 bits per heavy atom. The highest BCUT2D eigenvalue weighted by Gasteiger charge is 2.17. The molecule has 1 heterocycles. The van der Waals surface area contributed by atoms with Gasteiger partial charge in [0.05, 0.1) is 7.11 Å². The molecule has 0 saturated heterocycles. The van der Waals surface area contributed by atoms with Crippen molar-refractivity contribution in [2.24, 2.45) is 0 Å². The Morgan fingerprint density at radius 2 is 1.89 bits per heavy atom. The SMILES string of the molecule is COc1ccc(-c2ccccc2)c2c1CCCN2. The van der Waals surface area contributed by atoms with Gasteiger partial charge < -0.3 is 10.1 Å². The van der Waals surface area contributed by atoms with Crippen LogP contribution in [0.25, 0.3) is 11.1 Å². The number of methoxy groups -OCH3 is 1. The Bertz CT molecular complexity index is 549. The standard InChI is InChI=1S/C16H17NO/c1-18-15-10-9-13(12-6-3-2-4-7-12)16-14(15)8-5-11-17-16/h2-4,6-7,9-10,17H,5,8,11H2,1H3. The Hall–Kier alpha value is -1.96. The molecule has 0 radical (unpaired) electrons. The van der Waals surface area contributed by atoms with Crippen LogP contribution in [0.5, 0.6) is 5.75 Å². The van der Waals surface area contributed by atoms with E-state index in [1.165, 1.54) is 28.8 Å². The zero-order chi connectivity index (χ0) is 12.4. The van der Waals surface area contributed by atoms with Crippen LogP contribution in [0.15, 0.2) is 42.5 Å². The average Bonchev–Trinajstić information content (AvgIpc) is 2.47. The summed E-state index contributed by atoms with van der Waals surface area (Å²) in [6.45, 7) is 1.04. The van der Waals surface area contributed by atoms with Gasteiger partial charge in [-0.1, -0.05) is 30.3 Å². The van der Waals surface area contributed by atoms with E-state index in [-0.39, 0.29) is 0 Å². The van der Waals surface area contributed by atoms with Gasteiger partial charge in [-0.2, -0.15) is 0 Å². The monoisotopic (exact) mass is 239 g/mol. The van der Waals surface area contributed by atoms with Crippen molar-refractivity contribution in [3.05, 3.63) is 48.0 Å². The molecule has 2 aromatic carbocycles. The third-order valence-corrected chi connectivity index (χ3v) is 3.48. The number of hydrogen-bond acceptors (Lipinski definition) is 2. The minimum Gasteiger partial charge on any atom is -0.496 e. The zero-order valence-corrected chi connectivity index (χ0v) is 10.6. The van der Waals surface area contributed by atoms with Crippen molar-refractivity contribution in [1.29, 1.82) is 0 Å². The molecule has 2 aromatic rings. The number of anilines is 1. The molecule has 0 aromatic heterocycles. The topological polar surface area (TPSA) is 21.3 Å². The molecule has 1 N–H and O–H groups in total. The summed E-state index contributed by atoms with van der Waals surface area (Å²) in [5, 5.41) is 3.52. The van der Waals surface area contributed by atoms with E-state index in [4.69, 9.17) is 4.74 Å². The quantitative estimate of drug-likeness (QED) is 0.862. The van der Waals surface area contributed by atoms with Crippen LogP contribution < -0.4 is 10.1 Å². The van der Waals surface area contributed by atoms with Crippen molar-refractivity contribution in [1.82, 2.24) is 0 Å². The van der Waals surface area contributed by atoms with Gasteiger partial charge in [0, 0.05) is 23.4 Å². The molecule has 2 heteroatoms. The first-order valence-corrected chi connectivity index (χ1v) is 6.39. The third-order valence-electron chi connectivity index (χ3n) is 3.48. The van der Waals surface area contributed by atoms with Crippen LogP contribution in [0.2, 0.25) is 0 Å². The number of nitrogens with one attached hydrogen (secondary N) is 1. The summed E-state index contributed by atoms with van der Waals surface area (Å²) in [4.78, 5) is 0. The van der Waals surface area contributed by atoms with E-state index >= 15 is 0 Å². The zero-order valence-electron chi connectivity index (χ0n) is 10.6. The number of benzene rings is 2. The summed E-state index contributed by atoms with van der Waals surface area (Å²) >= 11 is 0. The molecular weight excluding hydrogens is 222 g/mol. The number of rotatable bonds is 2. The lowest BCUT2D eigenvalue weighted by atomic mass is 9.94. The summed E-state index contributed by atoms with van der Waals surface area (Å²) < 4.78 is 5.46. The maximum Gasteiger partial charge on any atom is 0.124 e. The lowest BCUT2D eigenvalue weighted by Gasteiger charge is -2.23. The molecule has 0 spiro atoms. The number of hydrogen-bond donors (Lipinski definition) is 1. The molecule has 1 aliphatic rings. The van der Waals surface area contributed by atoms with Gasteiger partial charge in [0.1, 0.15) is 5.75 Å². The van der Waals surface area contributed by atoms with Gasteiger partial charge in [0.25, 0.3) is 0 Å². The van der Waals surface area contributed by atoms with Gasteiger partial charge >= 0.3 is 0 Å². The molecule has 0 bridgehead atoms. The largest absolute Gasteiger partial charge is 0.496 e. The van der Waals surface area contributed by atoms with Gasteiger partial charge in [-0.25, -0.2) is 0 Å². The summed E-state index contributed by atoms with van der Waals surface area (Å²) in [7, 11) is 1.74. The highest BCUT2D eigenvalue weighted by Crippen LogP contribution is 2.38. The molecule has 0 aliphatic carbocycles. The molecule has 3 rings (SSSR count). The number of fused-ring (bicyclic) bond motifs is 1. The van der Waals surface area contributed by atoms with Crippen molar-refractivity contribution in [3.63, 3.8) is 0 Å². The van der Waals surface area contributed by atoms with E-state index in [1.807, 2.05) is 6.07 Å². The summed E-state index contributed by atoms with van der Waals surface area (Å²) in [5.74, 6) is 0.997. The highest BCUT2D eigenvalue weighted by molar-refractivity contribution is 5.82. The molecule has 0 fully saturated rings. The second-order valence-corrected chi connectivity index (χ2v) is 4.57. The molecule has 1 aliphatic heterocycles. The van der Waals surface area contributed by atoms with E-state index in [9.17, 15) is 0 Å². The van der Waals surface area contributed by atoms with E-state index in [2.05, 4.69) is 41.7 Å². The van der Waals surface area contributed by atoms with Crippen LogP contribution in [0.3, 0.4) is 0 Å². The van der Waals surface area contributed by atoms with Crippen LogP contribution in [-0.4, -0.2) is 13.7 Å². The second-order valence-electron chi connectivity index (χ2n) is 4.57. The average molecular weight is 239 g/mol. The predicted octanol–water partition coefficient (Wildman–Crippen LogP) is 3.72. The molecule has 92 valence electrons. The first kappa shape index (κ1) is 11.1. The minimum atomic E-state index is 0.997. The van der Waals surface area contributed by atoms with Crippen molar-refractivity contribution in [2.75, 3.05) is 19.0 Å². The first-order valence-electron chi connectivity index (χ1n) is 6.39. The van der Waals surface area contributed by atoms with Gasteiger partial charge in [-0.3, -0.25) is 0 Å². The fourth-order valence-electron chi connectivity index (χ4n) is 2.61. The van der Waals surface area contributed by atoms with Crippen LogP contribution >= 0.6 is 0 Å². The van der Waals surface area contributed by atoms with Crippen molar-refractivity contribution < 1.29 is 4.74 Å². The number of ether oxygens (including phenoxy) is 1. The normalized spacial score (nSPS) is 13.6. The Labute approximate surface area is 108 Å². The lowest BCUT2D eigenvalue weighted by molar-refractivity contribution is 0.409. The summed E-state index contributed by atoms with van der Waals surface area (Å²) in [5.41, 5.74) is 5.08. The van der Waals surface area contributed by atoms with Crippen molar-refractivity contribution >= 4 is 5.69 Å². The highest BCUT2D eigenvalue weighted by atomic mass is 16.5. The fraction of sp³-hybridized carbons (Fsp3) is 0.250. The van der Waals surface area contributed by atoms with E-state index in [0.717, 1.165) is 18.7 Å². The first-order chi connectivity index (χ1) is 8.90. The third kappa shape index (κ3) is 1.84. The molecule has 2 nitrogen and oxygen atoms in total.